The van der Waals surface area contributed by atoms with Crippen molar-refractivity contribution in [1.82, 2.24) is 10.2 Å². The number of hydrogen-bond donors (Lipinski definition) is 1. The second kappa shape index (κ2) is 14.6. The Morgan fingerprint density at radius 1 is 1.00 bits per heavy atom. The molecular weight excluding hydrogens is 545 g/mol. The largest absolute Gasteiger partial charge is 0.495 e. The van der Waals surface area contributed by atoms with E-state index in [-0.39, 0.29) is 28.8 Å². The summed E-state index contributed by atoms with van der Waals surface area (Å²) in [6, 6.07) is 17.7. The van der Waals surface area contributed by atoms with Crippen LogP contribution in [-0.2, 0) is 26.2 Å². The molecule has 0 saturated heterocycles. The van der Waals surface area contributed by atoms with Gasteiger partial charge in [-0.05, 0) is 67.3 Å². The van der Waals surface area contributed by atoms with Crippen LogP contribution in [0, 0.1) is 12.7 Å². The van der Waals surface area contributed by atoms with Gasteiger partial charge in [0.25, 0.3) is 10.0 Å². The molecule has 0 aliphatic rings. The van der Waals surface area contributed by atoms with Gasteiger partial charge in [-0.3, -0.25) is 13.9 Å². The number of carbonyl (C=O) groups excluding carboxylic acids is 2. The van der Waals surface area contributed by atoms with E-state index in [4.69, 9.17) is 4.74 Å². The lowest BCUT2D eigenvalue weighted by Gasteiger charge is -2.33. The fourth-order valence-electron chi connectivity index (χ4n) is 4.44. The van der Waals surface area contributed by atoms with Crippen LogP contribution in [0.4, 0.5) is 10.1 Å². The van der Waals surface area contributed by atoms with Gasteiger partial charge in [-0.1, -0.05) is 56.7 Å². The predicted molar refractivity (Wildman–Crippen MR) is 158 cm³/mol. The molecule has 2 amide bonds. The first-order valence-corrected chi connectivity index (χ1v) is 15.1. The lowest BCUT2D eigenvalue weighted by molar-refractivity contribution is -0.140. The lowest BCUT2D eigenvalue weighted by atomic mass is 10.1. The van der Waals surface area contributed by atoms with Crippen LogP contribution in [0.1, 0.15) is 44.2 Å². The van der Waals surface area contributed by atoms with Crippen molar-refractivity contribution in [3.05, 3.63) is 89.7 Å². The summed E-state index contributed by atoms with van der Waals surface area (Å²) >= 11 is 0. The molecule has 0 bridgehead atoms. The molecule has 3 aromatic rings. The van der Waals surface area contributed by atoms with Gasteiger partial charge in [0.15, 0.2) is 0 Å². The highest BCUT2D eigenvalue weighted by Crippen LogP contribution is 2.33. The molecule has 0 unspecified atom stereocenters. The first kappa shape index (κ1) is 31.6. The van der Waals surface area contributed by atoms with E-state index in [1.165, 1.54) is 36.3 Å². The van der Waals surface area contributed by atoms with Crippen LogP contribution >= 0.6 is 0 Å². The third-order valence-electron chi connectivity index (χ3n) is 6.69. The summed E-state index contributed by atoms with van der Waals surface area (Å²) in [6.07, 6.45) is 1.97. The zero-order valence-corrected chi connectivity index (χ0v) is 24.8. The number of rotatable bonds is 14. The number of carbonyl (C=O) groups is 2. The van der Waals surface area contributed by atoms with E-state index in [1.54, 1.807) is 55.5 Å². The van der Waals surface area contributed by atoms with Crippen molar-refractivity contribution < 1.29 is 27.1 Å². The van der Waals surface area contributed by atoms with Gasteiger partial charge < -0.3 is 15.0 Å². The second-order valence-corrected chi connectivity index (χ2v) is 11.6. The van der Waals surface area contributed by atoms with Crippen LogP contribution in [-0.4, -0.2) is 51.4 Å². The summed E-state index contributed by atoms with van der Waals surface area (Å²) in [4.78, 5) is 28.7. The highest BCUT2D eigenvalue weighted by molar-refractivity contribution is 7.92. The first-order valence-electron chi connectivity index (χ1n) is 13.7. The number of nitrogens with zero attached hydrogens (tertiary/aromatic N) is 2. The summed E-state index contributed by atoms with van der Waals surface area (Å²) in [6.45, 7) is 5.47. The summed E-state index contributed by atoms with van der Waals surface area (Å²) in [5.41, 5.74) is 1.57. The van der Waals surface area contributed by atoms with Crippen LogP contribution < -0.4 is 14.4 Å². The molecule has 0 aliphatic heterocycles. The Balaban J connectivity index is 2.08. The van der Waals surface area contributed by atoms with E-state index in [2.05, 4.69) is 5.32 Å². The highest BCUT2D eigenvalue weighted by atomic mass is 32.2. The van der Waals surface area contributed by atoms with E-state index >= 15 is 0 Å². The highest BCUT2D eigenvalue weighted by Gasteiger charge is 2.34. The zero-order chi connectivity index (χ0) is 30.0. The van der Waals surface area contributed by atoms with E-state index < -0.39 is 34.3 Å². The van der Waals surface area contributed by atoms with Crippen molar-refractivity contribution in [1.29, 1.82) is 0 Å². The van der Waals surface area contributed by atoms with Gasteiger partial charge in [0.05, 0.1) is 17.7 Å². The molecule has 10 heteroatoms. The van der Waals surface area contributed by atoms with Gasteiger partial charge in [-0.25, -0.2) is 12.8 Å². The standard InChI is InChI=1S/C31H38FN3O5S/c1-5-7-19-33-31(37)27(6-2)34(21-24-14-16-25(32)17-15-24)30(36)22-35(28-20-23(3)13-18-29(28)40-4)41(38,39)26-11-9-8-10-12-26/h8-18,20,27H,5-7,19,21-22H2,1-4H3,(H,33,37)/t27-/m0/s1. The molecule has 0 heterocycles. The van der Waals surface area contributed by atoms with Crippen LogP contribution in [0.2, 0.25) is 0 Å². The number of halogens is 1. The van der Waals surface area contributed by atoms with E-state index in [9.17, 15) is 22.4 Å². The maximum absolute atomic E-state index is 14.1. The molecule has 0 radical (unpaired) electrons. The maximum Gasteiger partial charge on any atom is 0.264 e. The number of amides is 2. The summed E-state index contributed by atoms with van der Waals surface area (Å²) in [5, 5.41) is 2.89. The molecule has 0 fully saturated rings. The second-order valence-electron chi connectivity index (χ2n) is 9.72. The van der Waals surface area contributed by atoms with Crippen molar-refractivity contribution in [3.63, 3.8) is 0 Å². The third-order valence-corrected chi connectivity index (χ3v) is 8.47. The summed E-state index contributed by atoms with van der Waals surface area (Å²) in [7, 11) is -2.80. The average Bonchev–Trinajstić information content (AvgIpc) is 2.97. The summed E-state index contributed by atoms with van der Waals surface area (Å²) < 4.78 is 48.1. The fraction of sp³-hybridized carbons (Fsp3) is 0.355. The molecule has 1 N–H and O–H groups in total. The normalized spacial score (nSPS) is 11.9. The van der Waals surface area contributed by atoms with E-state index in [0.717, 1.165) is 22.7 Å². The Kier molecular flexibility index (Phi) is 11.3. The minimum Gasteiger partial charge on any atom is -0.495 e. The quantitative estimate of drug-likeness (QED) is 0.268. The number of nitrogens with one attached hydrogen (secondary N) is 1. The molecule has 1 atom stereocenters. The molecule has 0 aliphatic carbocycles. The van der Waals surface area contributed by atoms with Gasteiger partial charge in [-0.2, -0.15) is 0 Å². The van der Waals surface area contributed by atoms with Crippen LogP contribution in [0.3, 0.4) is 0 Å². The molecule has 0 spiro atoms. The number of methoxy groups -OCH3 is 1. The number of hydrogen-bond acceptors (Lipinski definition) is 5. The van der Waals surface area contributed by atoms with Crippen LogP contribution in [0.25, 0.3) is 0 Å². The Bertz CT molecular complexity index is 1420. The molecule has 0 aromatic heterocycles. The maximum atomic E-state index is 14.1. The minimum absolute atomic E-state index is 0.00536. The Morgan fingerprint density at radius 3 is 2.29 bits per heavy atom. The average molecular weight is 584 g/mol. The Morgan fingerprint density at radius 2 is 1.68 bits per heavy atom. The van der Waals surface area contributed by atoms with Gasteiger partial charge in [0.1, 0.15) is 24.2 Å². The number of ether oxygens (including phenoxy) is 1. The minimum atomic E-state index is -4.23. The van der Waals surface area contributed by atoms with Crippen molar-refractivity contribution in [2.24, 2.45) is 0 Å². The first-order chi connectivity index (χ1) is 19.6. The van der Waals surface area contributed by atoms with Gasteiger partial charge >= 0.3 is 0 Å². The number of aryl methyl sites for hydroxylation is 1. The smallest absolute Gasteiger partial charge is 0.264 e. The molecule has 3 aromatic carbocycles. The van der Waals surface area contributed by atoms with Gasteiger partial charge in [0.2, 0.25) is 11.8 Å². The zero-order valence-electron chi connectivity index (χ0n) is 24.0. The van der Waals surface area contributed by atoms with Crippen molar-refractivity contribution in [2.45, 2.75) is 57.5 Å². The monoisotopic (exact) mass is 583 g/mol. The van der Waals surface area contributed by atoms with Crippen LogP contribution in [0.15, 0.2) is 77.7 Å². The molecule has 220 valence electrons. The number of anilines is 1. The topological polar surface area (TPSA) is 96.0 Å². The third kappa shape index (κ3) is 8.07. The molecule has 0 saturated carbocycles. The number of benzene rings is 3. The molecule has 41 heavy (non-hydrogen) atoms. The van der Waals surface area contributed by atoms with E-state index in [1.807, 2.05) is 13.8 Å². The molecule has 8 nitrogen and oxygen atoms in total. The SMILES string of the molecule is CCCCNC(=O)[C@H](CC)N(Cc1ccc(F)cc1)C(=O)CN(c1cc(C)ccc1OC)S(=O)(=O)c1ccccc1. The lowest BCUT2D eigenvalue weighted by Crippen LogP contribution is -2.52. The molecule has 3 rings (SSSR count). The molecular formula is C31H38FN3O5S. The van der Waals surface area contributed by atoms with Crippen molar-refractivity contribution >= 4 is 27.5 Å². The summed E-state index contributed by atoms with van der Waals surface area (Å²) in [5.74, 6) is -1.07. The van der Waals surface area contributed by atoms with Crippen molar-refractivity contribution in [2.75, 3.05) is 24.5 Å². The number of sulfonamides is 1. The Labute approximate surface area is 242 Å². The van der Waals surface area contributed by atoms with Crippen LogP contribution in [0.5, 0.6) is 5.75 Å². The van der Waals surface area contributed by atoms with Crippen molar-refractivity contribution in [3.8, 4) is 5.75 Å². The van der Waals surface area contributed by atoms with Gasteiger partial charge in [0, 0.05) is 13.1 Å². The van der Waals surface area contributed by atoms with Gasteiger partial charge in [-0.15, -0.1) is 0 Å². The Hall–Kier alpha value is -3.92. The van der Waals surface area contributed by atoms with E-state index in [0.29, 0.717) is 18.5 Å². The fourth-order valence-corrected chi connectivity index (χ4v) is 5.88. The predicted octanol–water partition coefficient (Wildman–Crippen LogP) is 5.06. The number of unbranched alkanes of at least 4 members (excludes halogenated alkanes) is 1.